The lowest BCUT2D eigenvalue weighted by Crippen LogP contribution is -2.30. The van der Waals surface area contributed by atoms with E-state index in [1.165, 1.54) is 32.4 Å². The van der Waals surface area contributed by atoms with Gasteiger partial charge in [0.2, 0.25) is 5.76 Å². The molecule has 208 valence electrons. The van der Waals surface area contributed by atoms with Crippen LogP contribution in [0.3, 0.4) is 0 Å². The average molecular weight is 677 g/mol. The summed E-state index contributed by atoms with van der Waals surface area (Å²) in [6.07, 6.45) is 1.47. The number of urea groups is 1. The van der Waals surface area contributed by atoms with Crippen LogP contribution in [0.15, 0.2) is 61.5 Å². The van der Waals surface area contributed by atoms with Gasteiger partial charge in [-0.15, -0.1) is 0 Å². The number of anilines is 1. The molecule has 2 N–H and O–H groups in total. The molecule has 0 radical (unpaired) electrons. The Morgan fingerprint density at radius 2 is 1.85 bits per heavy atom. The van der Waals surface area contributed by atoms with Gasteiger partial charge in [-0.25, -0.2) is 9.59 Å². The standard InChI is InChI=1S/C27H23Br2N3O8/c1-14-6-4-5-7-17(14)30-21(33)13-39-24-20(37-2)11-15(22(28)23(24)29)10-18-25(34)32(27(36)31-18)12-16-8-9-19(40-16)26(35)38-3/h4-11H,12-13H2,1-3H3,(H,30,33)(H,31,36)/b18-10-. The summed E-state index contributed by atoms with van der Waals surface area (Å²) < 4.78 is 22.1. The molecule has 1 aliphatic heterocycles. The van der Waals surface area contributed by atoms with E-state index in [2.05, 4.69) is 47.2 Å². The van der Waals surface area contributed by atoms with Gasteiger partial charge in [-0.2, -0.15) is 0 Å². The molecular formula is C27H23Br2N3O8. The molecule has 0 bridgehead atoms. The maximum Gasteiger partial charge on any atom is 0.373 e. The van der Waals surface area contributed by atoms with E-state index in [-0.39, 0.29) is 47.8 Å². The maximum atomic E-state index is 13.0. The van der Waals surface area contributed by atoms with E-state index in [9.17, 15) is 19.2 Å². The molecule has 13 heteroatoms. The first-order valence-electron chi connectivity index (χ1n) is 11.7. The second-order valence-electron chi connectivity index (χ2n) is 8.41. The van der Waals surface area contributed by atoms with Crippen molar-refractivity contribution >= 4 is 67.4 Å². The van der Waals surface area contributed by atoms with Crippen LogP contribution in [0, 0.1) is 6.92 Å². The molecule has 0 saturated carbocycles. The number of halogens is 2. The molecular weight excluding hydrogens is 654 g/mol. The number of imide groups is 1. The Morgan fingerprint density at radius 3 is 2.55 bits per heavy atom. The zero-order valence-electron chi connectivity index (χ0n) is 21.5. The van der Waals surface area contributed by atoms with E-state index in [0.29, 0.717) is 20.2 Å². The van der Waals surface area contributed by atoms with E-state index in [4.69, 9.17) is 13.9 Å². The van der Waals surface area contributed by atoms with Gasteiger partial charge in [0.05, 0.1) is 25.2 Å². The fourth-order valence-electron chi connectivity index (χ4n) is 3.73. The number of hydrogen-bond acceptors (Lipinski definition) is 8. The predicted octanol–water partition coefficient (Wildman–Crippen LogP) is 5.02. The Hall–Kier alpha value is -4.10. The van der Waals surface area contributed by atoms with Gasteiger partial charge < -0.3 is 29.3 Å². The van der Waals surface area contributed by atoms with Gasteiger partial charge >= 0.3 is 12.0 Å². The number of carbonyl (C=O) groups is 4. The van der Waals surface area contributed by atoms with Crippen molar-refractivity contribution in [2.24, 2.45) is 0 Å². The number of methoxy groups -OCH3 is 2. The number of hydrogen-bond donors (Lipinski definition) is 2. The van der Waals surface area contributed by atoms with E-state index >= 15 is 0 Å². The van der Waals surface area contributed by atoms with Crippen LogP contribution in [0.5, 0.6) is 11.5 Å². The number of nitrogens with zero attached hydrogens (tertiary/aromatic N) is 1. The first-order valence-corrected chi connectivity index (χ1v) is 13.3. The molecule has 2 heterocycles. The molecule has 0 spiro atoms. The lowest BCUT2D eigenvalue weighted by Gasteiger charge is -2.16. The molecule has 1 fully saturated rings. The molecule has 0 aliphatic carbocycles. The zero-order valence-corrected chi connectivity index (χ0v) is 24.7. The number of benzene rings is 2. The van der Waals surface area contributed by atoms with Crippen molar-refractivity contribution in [2.45, 2.75) is 13.5 Å². The molecule has 11 nitrogen and oxygen atoms in total. The second kappa shape index (κ2) is 12.4. The van der Waals surface area contributed by atoms with Crippen LogP contribution < -0.4 is 20.1 Å². The molecule has 1 aromatic heterocycles. The number of rotatable bonds is 9. The maximum absolute atomic E-state index is 13.0. The molecule has 4 amide bonds. The van der Waals surface area contributed by atoms with Gasteiger partial charge in [-0.1, -0.05) is 18.2 Å². The highest BCUT2D eigenvalue weighted by atomic mass is 79.9. The SMILES string of the molecule is COC(=O)c1ccc(CN2C(=O)N/C(=C\c3cc(OC)c(OCC(=O)Nc4ccccc4C)c(Br)c3Br)C2=O)o1. The first-order chi connectivity index (χ1) is 19.1. The van der Waals surface area contributed by atoms with Gasteiger partial charge in [0.1, 0.15) is 11.5 Å². The molecule has 0 unspecified atom stereocenters. The van der Waals surface area contributed by atoms with Crippen molar-refractivity contribution < 1.29 is 37.8 Å². The summed E-state index contributed by atoms with van der Waals surface area (Å²) in [5.74, 6) is -0.909. The number of esters is 1. The van der Waals surface area contributed by atoms with E-state index < -0.39 is 17.9 Å². The van der Waals surface area contributed by atoms with Crippen molar-refractivity contribution in [1.29, 1.82) is 0 Å². The van der Waals surface area contributed by atoms with Crippen LogP contribution in [0.25, 0.3) is 6.08 Å². The number of aryl methyl sites for hydroxylation is 1. The van der Waals surface area contributed by atoms with Crippen LogP contribution in [0.2, 0.25) is 0 Å². The number of carbonyl (C=O) groups excluding carboxylic acids is 4. The molecule has 3 aromatic rings. The number of furan rings is 1. The number of nitrogens with one attached hydrogen (secondary N) is 2. The molecule has 1 saturated heterocycles. The van der Waals surface area contributed by atoms with Crippen molar-refractivity contribution in [3.05, 3.63) is 79.8 Å². The van der Waals surface area contributed by atoms with E-state index in [1.54, 1.807) is 12.1 Å². The summed E-state index contributed by atoms with van der Waals surface area (Å²) in [6.45, 7) is 1.41. The Balaban J connectivity index is 1.50. The quantitative estimate of drug-likeness (QED) is 0.183. The lowest BCUT2D eigenvalue weighted by atomic mass is 10.1. The second-order valence-corrected chi connectivity index (χ2v) is 10.00. The van der Waals surface area contributed by atoms with Gasteiger partial charge in [-0.05, 0) is 80.3 Å². The summed E-state index contributed by atoms with van der Waals surface area (Å²) in [6, 6.07) is 11.2. The minimum atomic E-state index is -0.673. The largest absolute Gasteiger partial charge is 0.493 e. The summed E-state index contributed by atoms with van der Waals surface area (Å²) >= 11 is 6.93. The van der Waals surface area contributed by atoms with Gasteiger partial charge in [-0.3, -0.25) is 14.5 Å². The highest BCUT2D eigenvalue weighted by molar-refractivity contribution is 9.13. The highest BCUT2D eigenvalue weighted by Gasteiger charge is 2.35. The normalized spacial score (nSPS) is 13.8. The van der Waals surface area contributed by atoms with Crippen molar-refractivity contribution in [3.63, 3.8) is 0 Å². The van der Waals surface area contributed by atoms with Crippen LogP contribution in [-0.2, 0) is 20.9 Å². The van der Waals surface area contributed by atoms with Gasteiger partial charge in [0.15, 0.2) is 18.1 Å². The van der Waals surface area contributed by atoms with Crippen LogP contribution in [-0.4, -0.2) is 49.5 Å². The summed E-state index contributed by atoms with van der Waals surface area (Å²) in [4.78, 5) is 50.6. The Morgan fingerprint density at radius 1 is 1.10 bits per heavy atom. The molecule has 1 aliphatic rings. The molecule has 2 aromatic carbocycles. The summed E-state index contributed by atoms with van der Waals surface area (Å²) in [5.41, 5.74) is 2.08. The first kappa shape index (κ1) is 28.9. The van der Waals surface area contributed by atoms with Crippen molar-refractivity contribution in [3.8, 4) is 11.5 Å². The van der Waals surface area contributed by atoms with E-state index in [1.807, 2.05) is 25.1 Å². The zero-order chi connectivity index (χ0) is 29.0. The van der Waals surface area contributed by atoms with Crippen molar-refractivity contribution in [1.82, 2.24) is 10.2 Å². The van der Waals surface area contributed by atoms with Gasteiger partial charge in [0, 0.05) is 10.2 Å². The molecule has 0 atom stereocenters. The van der Waals surface area contributed by atoms with Crippen LogP contribution in [0.1, 0.15) is 27.4 Å². The van der Waals surface area contributed by atoms with Crippen LogP contribution >= 0.6 is 31.9 Å². The highest BCUT2D eigenvalue weighted by Crippen LogP contribution is 2.43. The van der Waals surface area contributed by atoms with Crippen LogP contribution in [0.4, 0.5) is 10.5 Å². The molecule has 40 heavy (non-hydrogen) atoms. The average Bonchev–Trinajstić information content (AvgIpc) is 3.51. The third kappa shape index (κ3) is 6.20. The number of para-hydroxylation sites is 1. The Kier molecular flexibility index (Phi) is 8.95. The molecule has 4 rings (SSSR count). The topological polar surface area (TPSA) is 136 Å². The smallest absolute Gasteiger partial charge is 0.373 e. The van der Waals surface area contributed by atoms with E-state index in [0.717, 1.165) is 10.5 Å². The summed E-state index contributed by atoms with van der Waals surface area (Å²) in [5, 5.41) is 5.33. The predicted molar refractivity (Wildman–Crippen MR) is 151 cm³/mol. The monoisotopic (exact) mass is 675 g/mol. The minimum Gasteiger partial charge on any atom is -0.493 e. The Labute approximate surface area is 245 Å². The number of ether oxygens (including phenoxy) is 3. The number of amides is 4. The fourth-order valence-corrected chi connectivity index (χ4v) is 4.68. The van der Waals surface area contributed by atoms with Crippen molar-refractivity contribution in [2.75, 3.05) is 26.1 Å². The minimum absolute atomic E-state index is 0.00526. The fraction of sp³-hybridized carbons (Fsp3) is 0.185. The lowest BCUT2D eigenvalue weighted by molar-refractivity contribution is -0.123. The third-order valence-corrected chi connectivity index (χ3v) is 7.91. The van der Waals surface area contributed by atoms with Gasteiger partial charge in [0.25, 0.3) is 11.8 Å². The Bertz CT molecular complexity index is 1530. The third-order valence-electron chi connectivity index (χ3n) is 5.77. The summed E-state index contributed by atoms with van der Waals surface area (Å²) in [7, 11) is 2.65.